The molecule has 2 heterocycles. The first-order valence-electron chi connectivity index (χ1n) is 8.08. The Balaban J connectivity index is 1.57. The van der Waals surface area contributed by atoms with Crippen molar-refractivity contribution < 1.29 is 22.0 Å². The van der Waals surface area contributed by atoms with Crippen LogP contribution in [0.1, 0.15) is 23.2 Å². The van der Waals surface area contributed by atoms with Crippen LogP contribution < -0.4 is 10.2 Å². The minimum Gasteiger partial charge on any atom is -0.371 e. The lowest BCUT2D eigenvalue weighted by Gasteiger charge is -2.34. The standard InChI is InChI=1S/C17H18F2N2O3S2/c18-17(19)26(23,24)15-3-1-14(2-4-15)21-8-5-13(6-9-21)20-16(22)12-7-10-25-11-12/h1-4,7,10-11,13,17H,5-6,8-9H2,(H,20,22). The third-order valence-electron chi connectivity index (χ3n) is 4.38. The monoisotopic (exact) mass is 400 g/mol. The number of benzene rings is 1. The molecular formula is C17H18F2N2O3S2. The zero-order chi connectivity index (χ0) is 18.7. The number of carbonyl (C=O) groups excluding carboxylic acids is 1. The maximum atomic E-state index is 12.6. The van der Waals surface area contributed by atoms with Crippen molar-refractivity contribution in [3.05, 3.63) is 46.7 Å². The van der Waals surface area contributed by atoms with Crippen LogP contribution in [0.5, 0.6) is 0 Å². The van der Waals surface area contributed by atoms with Crippen LogP contribution in [0.25, 0.3) is 0 Å². The molecule has 1 aromatic carbocycles. The van der Waals surface area contributed by atoms with Crippen molar-refractivity contribution in [1.29, 1.82) is 0 Å². The van der Waals surface area contributed by atoms with Crippen LogP contribution in [0.2, 0.25) is 0 Å². The van der Waals surface area contributed by atoms with E-state index >= 15 is 0 Å². The molecule has 5 nitrogen and oxygen atoms in total. The van der Waals surface area contributed by atoms with Crippen LogP contribution in [0.3, 0.4) is 0 Å². The fraction of sp³-hybridized carbons (Fsp3) is 0.353. The van der Waals surface area contributed by atoms with E-state index in [4.69, 9.17) is 0 Å². The molecule has 0 saturated carbocycles. The number of hydrogen-bond donors (Lipinski definition) is 1. The van der Waals surface area contributed by atoms with E-state index < -0.39 is 15.6 Å². The summed E-state index contributed by atoms with van der Waals surface area (Å²) in [6.45, 7) is 1.38. The van der Waals surface area contributed by atoms with Crippen molar-refractivity contribution in [3.8, 4) is 0 Å². The van der Waals surface area contributed by atoms with Gasteiger partial charge in [-0.3, -0.25) is 4.79 Å². The molecule has 9 heteroatoms. The van der Waals surface area contributed by atoms with Gasteiger partial charge in [0, 0.05) is 35.8 Å². The molecule has 0 radical (unpaired) electrons. The lowest BCUT2D eigenvalue weighted by molar-refractivity contribution is 0.0931. The Kier molecular flexibility index (Phi) is 5.57. The van der Waals surface area contributed by atoms with E-state index in [-0.39, 0.29) is 16.8 Å². The minimum atomic E-state index is -4.57. The zero-order valence-electron chi connectivity index (χ0n) is 13.8. The number of sulfone groups is 1. The van der Waals surface area contributed by atoms with E-state index in [2.05, 4.69) is 5.32 Å². The molecule has 1 aliphatic rings. The van der Waals surface area contributed by atoms with Crippen molar-refractivity contribution in [1.82, 2.24) is 5.32 Å². The predicted octanol–water partition coefficient (Wildman–Crippen LogP) is 3.14. The van der Waals surface area contributed by atoms with Gasteiger partial charge >= 0.3 is 5.76 Å². The number of carbonyl (C=O) groups is 1. The number of thiophene rings is 1. The fourth-order valence-electron chi connectivity index (χ4n) is 2.89. The normalized spacial score (nSPS) is 16.0. The van der Waals surface area contributed by atoms with Gasteiger partial charge in [0.25, 0.3) is 5.91 Å². The lowest BCUT2D eigenvalue weighted by Crippen LogP contribution is -2.44. The summed E-state index contributed by atoms with van der Waals surface area (Å²) in [5.41, 5.74) is 1.44. The Morgan fingerprint density at radius 1 is 1.15 bits per heavy atom. The van der Waals surface area contributed by atoms with Crippen molar-refractivity contribution in [3.63, 3.8) is 0 Å². The van der Waals surface area contributed by atoms with E-state index in [0.717, 1.165) is 18.5 Å². The van der Waals surface area contributed by atoms with Crippen LogP contribution in [0.15, 0.2) is 46.0 Å². The molecule has 140 valence electrons. The van der Waals surface area contributed by atoms with Crippen LogP contribution >= 0.6 is 11.3 Å². The summed E-state index contributed by atoms with van der Waals surface area (Å²) < 4.78 is 48.1. The number of hydrogen-bond acceptors (Lipinski definition) is 5. The van der Waals surface area contributed by atoms with Crippen LogP contribution in [0.4, 0.5) is 14.5 Å². The first-order chi connectivity index (χ1) is 12.4. The summed E-state index contributed by atoms with van der Waals surface area (Å²) in [7, 11) is -4.57. The van der Waals surface area contributed by atoms with E-state index in [0.29, 0.717) is 18.7 Å². The van der Waals surface area contributed by atoms with E-state index in [9.17, 15) is 22.0 Å². The van der Waals surface area contributed by atoms with Gasteiger partial charge in [-0.15, -0.1) is 0 Å². The number of piperidine rings is 1. The molecule has 1 aliphatic heterocycles. The number of nitrogens with one attached hydrogen (secondary N) is 1. The number of halogens is 2. The lowest BCUT2D eigenvalue weighted by atomic mass is 10.0. The topological polar surface area (TPSA) is 66.5 Å². The van der Waals surface area contributed by atoms with Crippen molar-refractivity contribution >= 4 is 32.8 Å². The predicted molar refractivity (Wildman–Crippen MR) is 96.7 cm³/mol. The smallest absolute Gasteiger partial charge is 0.341 e. The summed E-state index contributed by atoms with van der Waals surface area (Å²) in [6, 6.07) is 7.36. The summed E-state index contributed by atoms with van der Waals surface area (Å²) >= 11 is 1.47. The molecule has 26 heavy (non-hydrogen) atoms. The number of alkyl halides is 2. The van der Waals surface area contributed by atoms with Gasteiger partial charge in [0.1, 0.15) is 0 Å². The van der Waals surface area contributed by atoms with Gasteiger partial charge in [-0.1, -0.05) is 0 Å². The highest BCUT2D eigenvalue weighted by Crippen LogP contribution is 2.24. The Hall–Kier alpha value is -2.00. The summed E-state index contributed by atoms with van der Waals surface area (Å²) in [5.74, 6) is -3.50. The van der Waals surface area contributed by atoms with Crippen LogP contribution in [-0.2, 0) is 9.84 Å². The van der Waals surface area contributed by atoms with Crippen molar-refractivity contribution in [2.45, 2.75) is 29.5 Å². The Morgan fingerprint density at radius 2 is 1.81 bits per heavy atom. The van der Waals surface area contributed by atoms with E-state index in [1.807, 2.05) is 10.3 Å². The molecule has 2 aromatic rings. The summed E-state index contributed by atoms with van der Waals surface area (Å²) in [6.07, 6.45) is 1.51. The molecule has 1 N–H and O–H groups in total. The van der Waals surface area contributed by atoms with Crippen LogP contribution in [-0.4, -0.2) is 39.2 Å². The number of anilines is 1. The molecule has 0 atom stereocenters. The largest absolute Gasteiger partial charge is 0.371 e. The number of rotatable bonds is 5. The molecule has 1 saturated heterocycles. The molecule has 3 rings (SSSR count). The Labute approximate surface area is 154 Å². The first kappa shape index (κ1) is 18.8. The maximum absolute atomic E-state index is 12.6. The highest BCUT2D eigenvalue weighted by Gasteiger charge is 2.27. The molecule has 1 amide bonds. The quantitative estimate of drug-likeness (QED) is 0.837. The average molecular weight is 400 g/mol. The Morgan fingerprint density at radius 3 is 2.35 bits per heavy atom. The fourth-order valence-corrected chi connectivity index (χ4v) is 4.25. The molecule has 1 aromatic heterocycles. The number of amides is 1. The average Bonchev–Trinajstić information content (AvgIpc) is 3.17. The third-order valence-corrected chi connectivity index (χ3v) is 6.46. The SMILES string of the molecule is O=C(NC1CCN(c2ccc(S(=O)(=O)C(F)F)cc2)CC1)c1ccsc1. The molecule has 0 unspecified atom stereocenters. The van der Waals surface area contributed by atoms with Gasteiger partial charge in [0.15, 0.2) is 0 Å². The highest BCUT2D eigenvalue weighted by atomic mass is 32.2. The second kappa shape index (κ2) is 7.71. The minimum absolute atomic E-state index is 0.0775. The molecule has 0 bridgehead atoms. The van der Waals surface area contributed by atoms with Gasteiger partial charge in [0.05, 0.1) is 4.90 Å². The molecule has 0 aliphatic carbocycles. The van der Waals surface area contributed by atoms with Crippen LogP contribution in [0, 0.1) is 0 Å². The second-order valence-electron chi connectivity index (χ2n) is 6.05. The maximum Gasteiger partial charge on any atom is 0.341 e. The van der Waals surface area contributed by atoms with Gasteiger partial charge in [-0.25, -0.2) is 8.42 Å². The Bertz CT molecular complexity index is 845. The molecule has 1 fully saturated rings. The van der Waals surface area contributed by atoms with Gasteiger partial charge in [-0.2, -0.15) is 20.1 Å². The number of nitrogens with zero attached hydrogens (tertiary/aromatic N) is 1. The summed E-state index contributed by atoms with van der Waals surface area (Å²) in [4.78, 5) is 13.7. The first-order valence-corrected chi connectivity index (χ1v) is 10.6. The highest BCUT2D eigenvalue weighted by molar-refractivity contribution is 7.91. The van der Waals surface area contributed by atoms with Crippen molar-refractivity contribution in [2.24, 2.45) is 0 Å². The third kappa shape index (κ3) is 4.04. The molecular weight excluding hydrogens is 382 g/mol. The summed E-state index contributed by atoms with van der Waals surface area (Å²) in [5, 5.41) is 6.67. The van der Waals surface area contributed by atoms with Crippen molar-refractivity contribution in [2.75, 3.05) is 18.0 Å². The van der Waals surface area contributed by atoms with Gasteiger partial charge in [0.2, 0.25) is 9.84 Å². The van der Waals surface area contributed by atoms with Gasteiger partial charge in [-0.05, 0) is 48.6 Å². The molecule has 0 spiro atoms. The van der Waals surface area contributed by atoms with Gasteiger partial charge < -0.3 is 10.2 Å². The van der Waals surface area contributed by atoms with E-state index in [1.165, 1.54) is 23.5 Å². The zero-order valence-corrected chi connectivity index (χ0v) is 15.4. The second-order valence-corrected chi connectivity index (χ2v) is 8.74. The van der Waals surface area contributed by atoms with E-state index in [1.54, 1.807) is 23.6 Å².